The van der Waals surface area contributed by atoms with Crippen molar-refractivity contribution in [1.29, 1.82) is 0 Å². The molecular formula is C11H14O2S. The lowest BCUT2D eigenvalue weighted by Gasteiger charge is -2.09. The number of hydrogen-bond donors (Lipinski definition) is 0. The Balaban J connectivity index is 2.49. The van der Waals surface area contributed by atoms with Crippen LogP contribution in [0.15, 0.2) is 35.2 Å². The zero-order chi connectivity index (χ0) is 10.4. The third kappa shape index (κ3) is 3.42. The summed E-state index contributed by atoms with van der Waals surface area (Å²) < 4.78 is 4.92. The summed E-state index contributed by atoms with van der Waals surface area (Å²) in [6.07, 6.45) is 0. The Bertz CT molecular complexity index is 285. The van der Waals surface area contributed by atoms with Crippen molar-refractivity contribution >= 4 is 17.7 Å². The number of carbonyl (C=O) groups excluding carboxylic acids is 1. The first-order valence-electron chi connectivity index (χ1n) is 4.62. The van der Waals surface area contributed by atoms with Gasteiger partial charge in [0.15, 0.2) is 0 Å². The van der Waals surface area contributed by atoms with Gasteiger partial charge in [-0.2, -0.15) is 0 Å². The molecule has 0 aromatic heterocycles. The lowest BCUT2D eigenvalue weighted by molar-refractivity contribution is -0.142. The fourth-order valence-electron chi connectivity index (χ4n) is 1.01. The summed E-state index contributed by atoms with van der Waals surface area (Å²) in [4.78, 5) is 12.4. The van der Waals surface area contributed by atoms with Gasteiger partial charge < -0.3 is 4.74 Å². The Labute approximate surface area is 88.7 Å². The second-order valence-corrected chi connectivity index (χ2v) is 4.24. The van der Waals surface area contributed by atoms with E-state index in [1.165, 1.54) is 11.8 Å². The van der Waals surface area contributed by atoms with Gasteiger partial charge in [0, 0.05) is 4.90 Å². The molecule has 0 unspecified atom stereocenters. The highest BCUT2D eigenvalue weighted by Crippen LogP contribution is 2.23. The fraction of sp³-hybridized carbons (Fsp3) is 0.364. The number of carbonyl (C=O) groups is 1. The number of rotatable bonds is 4. The van der Waals surface area contributed by atoms with E-state index in [0.717, 1.165) is 4.90 Å². The summed E-state index contributed by atoms with van der Waals surface area (Å²) >= 11 is 1.52. The van der Waals surface area contributed by atoms with Gasteiger partial charge in [-0.25, -0.2) is 0 Å². The van der Waals surface area contributed by atoms with E-state index in [0.29, 0.717) is 6.61 Å². The highest BCUT2D eigenvalue weighted by molar-refractivity contribution is 8.00. The zero-order valence-electron chi connectivity index (χ0n) is 8.40. The molecule has 0 fully saturated rings. The van der Waals surface area contributed by atoms with Crippen LogP contribution in [-0.2, 0) is 9.53 Å². The smallest absolute Gasteiger partial charge is 0.319 e. The molecule has 14 heavy (non-hydrogen) atoms. The molecule has 0 saturated heterocycles. The van der Waals surface area contributed by atoms with Crippen molar-refractivity contribution in [3.8, 4) is 0 Å². The number of esters is 1. The SMILES string of the molecule is CCOC(=O)[C@@H](C)Sc1ccccc1. The molecule has 0 heterocycles. The van der Waals surface area contributed by atoms with Crippen LogP contribution in [0.3, 0.4) is 0 Å². The van der Waals surface area contributed by atoms with Gasteiger partial charge >= 0.3 is 5.97 Å². The maximum atomic E-state index is 11.3. The average Bonchev–Trinajstić information content (AvgIpc) is 2.19. The van der Waals surface area contributed by atoms with Crippen molar-refractivity contribution in [1.82, 2.24) is 0 Å². The van der Waals surface area contributed by atoms with Crippen LogP contribution < -0.4 is 0 Å². The minimum Gasteiger partial charge on any atom is -0.465 e. The largest absolute Gasteiger partial charge is 0.465 e. The van der Waals surface area contributed by atoms with Gasteiger partial charge in [0.2, 0.25) is 0 Å². The van der Waals surface area contributed by atoms with Gasteiger partial charge in [0.25, 0.3) is 0 Å². The second kappa shape index (κ2) is 5.70. The summed E-state index contributed by atoms with van der Waals surface area (Å²) in [5.74, 6) is -0.152. The number of ether oxygens (including phenoxy) is 1. The van der Waals surface area contributed by atoms with E-state index in [1.807, 2.05) is 44.2 Å². The quantitative estimate of drug-likeness (QED) is 0.564. The van der Waals surface area contributed by atoms with Crippen LogP contribution in [0.5, 0.6) is 0 Å². The number of thioether (sulfide) groups is 1. The lowest BCUT2D eigenvalue weighted by atomic mass is 10.4. The van der Waals surface area contributed by atoms with E-state index in [9.17, 15) is 4.79 Å². The van der Waals surface area contributed by atoms with E-state index in [-0.39, 0.29) is 11.2 Å². The summed E-state index contributed by atoms with van der Waals surface area (Å²) in [5.41, 5.74) is 0. The maximum Gasteiger partial charge on any atom is 0.319 e. The molecule has 0 aliphatic carbocycles. The number of benzene rings is 1. The van der Waals surface area contributed by atoms with Gasteiger partial charge in [-0.3, -0.25) is 4.79 Å². The Morgan fingerprint density at radius 1 is 1.43 bits per heavy atom. The lowest BCUT2D eigenvalue weighted by Crippen LogP contribution is -2.16. The van der Waals surface area contributed by atoms with Gasteiger partial charge in [0.1, 0.15) is 5.25 Å². The van der Waals surface area contributed by atoms with E-state index in [1.54, 1.807) is 0 Å². The van der Waals surface area contributed by atoms with Crippen LogP contribution in [0.4, 0.5) is 0 Å². The molecule has 0 spiro atoms. The Kier molecular flexibility index (Phi) is 4.53. The van der Waals surface area contributed by atoms with E-state index < -0.39 is 0 Å². The molecule has 1 atom stereocenters. The third-order valence-electron chi connectivity index (χ3n) is 1.67. The highest BCUT2D eigenvalue weighted by Gasteiger charge is 2.14. The molecule has 3 heteroatoms. The number of hydrogen-bond acceptors (Lipinski definition) is 3. The normalized spacial score (nSPS) is 12.1. The topological polar surface area (TPSA) is 26.3 Å². The zero-order valence-corrected chi connectivity index (χ0v) is 9.21. The van der Waals surface area contributed by atoms with Crippen LogP contribution in [0.1, 0.15) is 13.8 Å². The monoisotopic (exact) mass is 210 g/mol. The first-order valence-corrected chi connectivity index (χ1v) is 5.50. The summed E-state index contributed by atoms with van der Waals surface area (Å²) in [7, 11) is 0. The van der Waals surface area contributed by atoms with Gasteiger partial charge in [-0.05, 0) is 26.0 Å². The molecule has 76 valence electrons. The Morgan fingerprint density at radius 3 is 2.64 bits per heavy atom. The van der Waals surface area contributed by atoms with Crippen LogP contribution in [0, 0.1) is 0 Å². The maximum absolute atomic E-state index is 11.3. The summed E-state index contributed by atoms with van der Waals surface area (Å²) in [6, 6.07) is 9.85. The van der Waals surface area contributed by atoms with Crippen molar-refractivity contribution in [2.45, 2.75) is 24.0 Å². The van der Waals surface area contributed by atoms with E-state index in [4.69, 9.17) is 4.74 Å². The molecule has 0 bridgehead atoms. The molecule has 0 saturated carbocycles. The first kappa shape index (κ1) is 11.1. The molecule has 1 aromatic rings. The van der Waals surface area contributed by atoms with Crippen molar-refractivity contribution in [2.75, 3.05) is 6.61 Å². The molecular weight excluding hydrogens is 196 g/mol. The standard InChI is InChI=1S/C11H14O2S/c1-3-13-11(12)9(2)14-10-7-5-4-6-8-10/h4-9H,3H2,1-2H3/t9-/m1/s1. The Hall–Kier alpha value is -0.960. The molecule has 0 radical (unpaired) electrons. The predicted molar refractivity (Wildman–Crippen MR) is 58.4 cm³/mol. The minimum absolute atomic E-state index is 0.141. The third-order valence-corrected chi connectivity index (χ3v) is 2.76. The van der Waals surface area contributed by atoms with E-state index >= 15 is 0 Å². The molecule has 0 amide bonds. The predicted octanol–water partition coefficient (Wildman–Crippen LogP) is 2.73. The molecule has 1 aromatic carbocycles. The molecule has 1 rings (SSSR count). The molecule has 2 nitrogen and oxygen atoms in total. The van der Waals surface area contributed by atoms with Crippen LogP contribution in [-0.4, -0.2) is 17.8 Å². The van der Waals surface area contributed by atoms with Crippen molar-refractivity contribution in [3.05, 3.63) is 30.3 Å². The Morgan fingerprint density at radius 2 is 2.07 bits per heavy atom. The van der Waals surface area contributed by atoms with Gasteiger partial charge in [-0.1, -0.05) is 18.2 Å². The minimum atomic E-state index is -0.152. The van der Waals surface area contributed by atoms with Crippen LogP contribution >= 0.6 is 11.8 Å². The van der Waals surface area contributed by atoms with Crippen molar-refractivity contribution < 1.29 is 9.53 Å². The second-order valence-electron chi connectivity index (χ2n) is 2.83. The van der Waals surface area contributed by atoms with Crippen molar-refractivity contribution in [2.24, 2.45) is 0 Å². The van der Waals surface area contributed by atoms with E-state index in [2.05, 4.69) is 0 Å². The highest BCUT2D eigenvalue weighted by atomic mass is 32.2. The van der Waals surface area contributed by atoms with Gasteiger partial charge in [0.05, 0.1) is 6.61 Å². The van der Waals surface area contributed by atoms with Gasteiger partial charge in [-0.15, -0.1) is 11.8 Å². The molecule has 0 aliphatic heterocycles. The molecule has 0 aliphatic rings. The average molecular weight is 210 g/mol. The van der Waals surface area contributed by atoms with Crippen molar-refractivity contribution in [3.63, 3.8) is 0 Å². The first-order chi connectivity index (χ1) is 6.74. The fourth-order valence-corrected chi connectivity index (χ4v) is 1.90. The van der Waals surface area contributed by atoms with Crippen LogP contribution in [0.2, 0.25) is 0 Å². The van der Waals surface area contributed by atoms with Crippen LogP contribution in [0.25, 0.3) is 0 Å². The summed E-state index contributed by atoms with van der Waals surface area (Å²) in [6.45, 7) is 4.12. The summed E-state index contributed by atoms with van der Waals surface area (Å²) in [5, 5.41) is -0.141. The molecule has 0 N–H and O–H groups in total.